The maximum atomic E-state index is 5.69. The first-order valence-corrected chi connectivity index (χ1v) is 5.73. The van der Waals surface area contributed by atoms with Crippen molar-refractivity contribution in [3.05, 3.63) is 12.3 Å². The van der Waals surface area contributed by atoms with Crippen molar-refractivity contribution in [3.8, 4) is 0 Å². The fraction of sp³-hybridized carbons (Fsp3) is 0.846. The molecule has 0 N–H and O–H groups in total. The first-order valence-electron chi connectivity index (χ1n) is 5.73. The predicted molar refractivity (Wildman–Crippen MR) is 61.1 cm³/mol. The fourth-order valence-corrected chi connectivity index (χ4v) is 2.57. The van der Waals surface area contributed by atoms with Crippen molar-refractivity contribution < 1.29 is 4.74 Å². The lowest BCUT2D eigenvalue weighted by Crippen LogP contribution is -2.30. The maximum Gasteiger partial charge on any atom is 0.0982 e. The molecule has 0 aromatic rings. The molecule has 1 saturated carbocycles. The monoisotopic (exact) mass is 196 g/mol. The second kappa shape index (κ2) is 4.37. The second-order valence-electron chi connectivity index (χ2n) is 5.55. The molecule has 0 saturated heterocycles. The van der Waals surface area contributed by atoms with Gasteiger partial charge in [-0.05, 0) is 44.4 Å². The van der Waals surface area contributed by atoms with Crippen molar-refractivity contribution in [2.75, 3.05) is 0 Å². The Labute approximate surface area is 88.5 Å². The first-order chi connectivity index (χ1) is 6.41. The van der Waals surface area contributed by atoms with Gasteiger partial charge in [0.25, 0.3) is 0 Å². The highest BCUT2D eigenvalue weighted by molar-refractivity contribution is 4.85. The summed E-state index contributed by atoms with van der Waals surface area (Å²) in [5.74, 6) is 1.57. The zero-order valence-electron chi connectivity index (χ0n) is 10.1. The number of rotatable bonds is 3. The summed E-state index contributed by atoms with van der Waals surface area (Å²) in [6.45, 7) is 12.7. The molecule has 0 aliphatic heterocycles. The van der Waals surface area contributed by atoms with E-state index in [2.05, 4.69) is 27.4 Å². The molecule has 0 aromatic carbocycles. The van der Waals surface area contributed by atoms with E-state index in [4.69, 9.17) is 4.74 Å². The molecule has 1 aliphatic carbocycles. The minimum Gasteiger partial charge on any atom is -0.496 e. The Morgan fingerprint density at radius 3 is 2.64 bits per heavy atom. The van der Waals surface area contributed by atoms with Gasteiger partial charge in [0.05, 0.1) is 11.9 Å². The number of allylic oxidation sites excluding steroid dienone is 1. The van der Waals surface area contributed by atoms with E-state index in [0.717, 1.165) is 11.7 Å². The lowest BCUT2D eigenvalue weighted by atomic mass is 9.71. The predicted octanol–water partition coefficient (Wildman–Crippen LogP) is 4.14. The Kier molecular flexibility index (Phi) is 3.63. The molecule has 1 rings (SSSR count). The molecule has 2 unspecified atom stereocenters. The van der Waals surface area contributed by atoms with Gasteiger partial charge in [0, 0.05) is 0 Å². The van der Waals surface area contributed by atoms with E-state index in [1.165, 1.54) is 25.7 Å². The van der Waals surface area contributed by atoms with Gasteiger partial charge in [-0.3, -0.25) is 0 Å². The smallest absolute Gasteiger partial charge is 0.0982 e. The lowest BCUT2D eigenvalue weighted by molar-refractivity contribution is 0.0329. The third-order valence-corrected chi connectivity index (χ3v) is 3.29. The van der Waals surface area contributed by atoms with Gasteiger partial charge in [0.2, 0.25) is 0 Å². The van der Waals surface area contributed by atoms with Crippen LogP contribution in [0.5, 0.6) is 0 Å². The van der Waals surface area contributed by atoms with Gasteiger partial charge in [-0.2, -0.15) is 0 Å². The first kappa shape index (κ1) is 11.6. The van der Waals surface area contributed by atoms with Gasteiger partial charge < -0.3 is 4.74 Å². The molecule has 1 heteroatoms. The van der Waals surface area contributed by atoms with Crippen molar-refractivity contribution in [2.45, 2.75) is 59.5 Å². The van der Waals surface area contributed by atoms with E-state index in [-0.39, 0.29) is 0 Å². The molecule has 1 nitrogen and oxygen atoms in total. The third kappa shape index (κ3) is 3.36. The topological polar surface area (TPSA) is 9.23 Å². The SMILES string of the molecule is C=C(C)OC(C)C1CCCC(C)(C)C1. The summed E-state index contributed by atoms with van der Waals surface area (Å²) in [7, 11) is 0. The third-order valence-electron chi connectivity index (χ3n) is 3.29. The molecule has 1 fully saturated rings. The minimum absolute atomic E-state index is 0.340. The standard InChI is InChI=1S/C13H24O/c1-10(2)14-11(3)12-7-6-8-13(4,5)9-12/h11-12H,1,6-9H2,2-5H3. The Hall–Kier alpha value is -0.460. The summed E-state index contributed by atoms with van der Waals surface area (Å²) in [6.07, 6.45) is 5.66. The molecule has 0 radical (unpaired) electrons. The van der Waals surface area contributed by atoms with Crippen LogP contribution in [0.25, 0.3) is 0 Å². The zero-order chi connectivity index (χ0) is 10.8. The van der Waals surface area contributed by atoms with Crippen LogP contribution in [0.3, 0.4) is 0 Å². The van der Waals surface area contributed by atoms with Crippen LogP contribution in [0.4, 0.5) is 0 Å². The highest BCUT2D eigenvalue weighted by Crippen LogP contribution is 2.40. The van der Waals surface area contributed by atoms with Crippen LogP contribution in [0.1, 0.15) is 53.4 Å². The number of ether oxygens (including phenoxy) is 1. The van der Waals surface area contributed by atoms with E-state index >= 15 is 0 Å². The van der Waals surface area contributed by atoms with Gasteiger partial charge in [0.1, 0.15) is 0 Å². The summed E-state index contributed by atoms with van der Waals surface area (Å²) in [4.78, 5) is 0. The molecule has 0 bridgehead atoms. The Morgan fingerprint density at radius 1 is 1.50 bits per heavy atom. The van der Waals surface area contributed by atoms with Crippen LogP contribution in [-0.4, -0.2) is 6.10 Å². The molecule has 0 aromatic heterocycles. The highest BCUT2D eigenvalue weighted by atomic mass is 16.5. The maximum absolute atomic E-state index is 5.69. The normalized spacial score (nSPS) is 28.1. The Balaban J connectivity index is 2.47. The van der Waals surface area contributed by atoms with Crippen molar-refractivity contribution in [1.29, 1.82) is 0 Å². The van der Waals surface area contributed by atoms with Crippen molar-refractivity contribution >= 4 is 0 Å². The van der Waals surface area contributed by atoms with E-state index in [1.54, 1.807) is 0 Å². The lowest BCUT2D eigenvalue weighted by Gasteiger charge is -2.38. The van der Waals surface area contributed by atoms with Crippen molar-refractivity contribution in [1.82, 2.24) is 0 Å². The van der Waals surface area contributed by atoms with Gasteiger partial charge in [-0.25, -0.2) is 0 Å². The second-order valence-corrected chi connectivity index (χ2v) is 5.55. The average molecular weight is 196 g/mol. The Bertz CT molecular complexity index is 205. The van der Waals surface area contributed by atoms with Crippen molar-refractivity contribution in [2.24, 2.45) is 11.3 Å². The summed E-state index contributed by atoms with van der Waals surface area (Å²) in [5.41, 5.74) is 0.510. The Morgan fingerprint density at radius 2 is 2.14 bits per heavy atom. The largest absolute Gasteiger partial charge is 0.496 e. The van der Waals surface area contributed by atoms with E-state index < -0.39 is 0 Å². The highest BCUT2D eigenvalue weighted by Gasteiger charge is 2.31. The summed E-state index contributed by atoms with van der Waals surface area (Å²) < 4.78 is 5.69. The van der Waals surface area contributed by atoms with E-state index in [1.807, 2.05) is 6.92 Å². The number of hydrogen-bond acceptors (Lipinski definition) is 1. The van der Waals surface area contributed by atoms with Gasteiger partial charge in [-0.1, -0.05) is 26.8 Å². The van der Waals surface area contributed by atoms with Gasteiger partial charge in [-0.15, -0.1) is 0 Å². The quantitative estimate of drug-likeness (QED) is 0.616. The molecule has 0 heterocycles. The summed E-state index contributed by atoms with van der Waals surface area (Å²) >= 11 is 0. The molecular weight excluding hydrogens is 172 g/mol. The van der Waals surface area contributed by atoms with Crippen LogP contribution in [0, 0.1) is 11.3 Å². The zero-order valence-corrected chi connectivity index (χ0v) is 10.1. The van der Waals surface area contributed by atoms with Crippen LogP contribution in [0.2, 0.25) is 0 Å². The van der Waals surface area contributed by atoms with Crippen molar-refractivity contribution in [3.63, 3.8) is 0 Å². The molecule has 0 amide bonds. The van der Waals surface area contributed by atoms with E-state index in [9.17, 15) is 0 Å². The van der Waals surface area contributed by atoms with Crippen LogP contribution < -0.4 is 0 Å². The van der Waals surface area contributed by atoms with Crippen LogP contribution >= 0.6 is 0 Å². The molecular formula is C13H24O. The summed E-state index contributed by atoms with van der Waals surface area (Å²) in [6, 6.07) is 0. The summed E-state index contributed by atoms with van der Waals surface area (Å²) in [5, 5.41) is 0. The molecule has 14 heavy (non-hydrogen) atoms. The van der Waals surface area contributed by atoms with Gasteiger partial charge in [0.15, 0.2) is 0 Å². The number of hydrogen-bond donors (Lipinski definition) is 0. The minimum atomic E-state index is 0.340. The van der Waals surface area contributed by atoms with Crippen LogP contribution in [0.15, 0.2) is 12.3 Å². The van der Waals surface area contributed by atoms with Crippen LogP contribution in [-0.2, 0) is 4.74 Å². The molecule has 1 aliphatic rings. The van der Waals surface area contributed by atoms with Gasteiger partial charge >= 0.3 is 0 Å². The molecule has 2 atom stereocenters. The molecule has 0 spiro atoms. The fourth-order valence-electron chi connectivity index (χ4n) is 2.57. The average Bonchev–Trinajstić information content (AvgIpc) is 2.01. The molecule has 82 valence electrons. The van der Waals surface area contributed by atoms with E-state index in [0.29, 0.717) is 11.5 Å².